The monoisotopic (exact) mass is 378 g/mol. The zero-order valence-electron chi connectivity index (χ0n) is 14.1. The Morgan fingerprint density at radius 1 is 1.27 bits per heavy atom. The maximum atomic E-state index is 13.0. The first-order valence-corrected chi connectivity index (χ1v) is 8.21. The number of allylic oxidation sites excluding steroid dienone is 2. The molecule has 138 valence electrons. The van der Waals surface area contributed by atoms with E-state index in [-0.39, 0.29) is 53.3 Å². The number of halogens is 1. The lowest BCUT2D eigenvalue weighted by Gasteiger charge is -2.35. The van der Waals surface area contributed by atoms with Crippen molar-refractivity contribution in [1.29, 1.82) is 0 Å². The molecule has 1 aromatic rings. The highest BCUT2D eigenvalue weighted by atomic mass is 35.5. The zero-order chi connectivity index (χ0) is 17.9. The number of ether oxygens (including phenoxy) is 1. The second kappa shape index (κ2) is 6.32. The van der Waals surface area contributed by atoms with Crippen molar-refractivity contribution >= 4 is 24.0 Å². The fraction of sp³-hybridized carbons (Fsp3) is 0.368. The van der Waals surface area contributed by atoms with Crippen LogP contribution in [0.25, 0.3) is 0 Å². The quantitative estimate of drug-likeness (QED) is 0.642. The van der Waals surface area contributed by atoms with Crippen LogP contribution in [0, 0.1) is 0 Å². The smallest absolute Gasteiger partial charge is 0.200 e. The van der Waals surface area contributed by atoms with Crippen molar-refractivity contribution in [1.82, 2.24) is 0 Å². The molecule has 1 aromatic carbocycles. The minimum atomic E-state index is -1.85. The van der Waals surface area contributed by atoms with Gasteiger partial charge in [0.25, 0.3) is 0 Å². The predicted octanol–water partition coefficient (Wildman–Crippen LogP) is 1.63. The number of benzene rings is 1. The van der Waals surface area contributed by atoms with Crippen molar-refractivity contribution in [2.24, 2.45) is 0 Å². The third-order valence-electron chi connectivity index (χ3n) is 5.30. The molecule has 2 unspecified atom stereocenters. The maximum absolute atomic E-state index is 13.0. The Labute approximate surface area is 156 Å². The van der Waals surface area contributed by atoms with Crippen molar-refractivity contribution in [3.05, 3.63) is 51.6 Å². The molecule has 3 N–H and O–H groups in total. The summed E-state index contributed by atoms with van der Waals surface area (Å²) < 4.78 is 5.12. The van der Waals surface area contributed by atoms with Crippen molar-refractivity contribution in [2.45, 2.75) is 37.6 Å². The summed E-state index contributed by atoms with van der Waals surface area (Å²) in [6.07, 6.45) is 3.84. The maximum Gasteiger partial charge on any atom is 0.200 e. The summed E-state index contributed by atoms with van der Waals surface area (Å²) in [7, 11) is 1.28. The lowest BCUT2D eigenvalue weighted by atomic mass is 9.74. The topological polar surface area (TPSA) is 104 Å². The number of phenolic OH excluding ortho intramolecular Hbond substituents is 1. The highest BCUT2D eigenvalue weighted by Gasteiger charge is 2.46. The number of Topliss-reactive ketones (excluding diaryl/α,β-unsaturated/α-hetero) is 2. The van der Waals surface area contributed by atoms with Gasteiger partial charge in [-0.2, -0.15) is 0 Å². The number of fused-ring (bicyclic) bond motifs is 2. The summed E-state index contributed by atoms with van der Waals surface area (Å²) in [5.74, 6) is -3.12. The number of ketones is 2. The lowest BCUT2D eigenvalue weighted by Crippen LogP contribution is -2.42. The van der Waals surface area contributed by atoms with Crippen LogP contribution in [0.15, 0.2) is 29.4 Å². The predicted molar refractivity (Wildman–Crippen MR) is 94.8 cm³/mol. The van der Waals surface area contributed by atoms with Gasteiger partial charge in [-0.3, -0.25) is 9.59 Å². The van der Waals surface area contributed by atoms with Crippen LogP contribution in [-0.4, -0.2) is 45.9 Å². The molecule has 0 amide bonds. The van der Waals surface area contributed by atoms with Gasteiger partial charge in [0.15, 0.2) is 17.4 Å². The number of aromatic hydroxyl groups is 1. The van der Waals surface area contributed by atoms with Crippen LogP contribution < -0.4 is 0 Å². The second-order valence-electron chi connectivity index (χ2n) is 6.72. The number of hydrogen-bond donors (Lipinski definition) is 3. The number of carbonyl (C=O) groups is 2. The number of methoxy groups -OCH3 is 1. The summed E-state index contributed by atoms with van der Waals surface area (Å²) in [6.45, 7) is 0. The zero-order valence-corrected chi connectivity index (χ0v) is 14.9. The molecule has 0 saturated carbocycles. The molecule has 0 radical (unpaired) electrons. The molecule has 0 bridgehead atoms. The Morgan fingerprint density at radius 3 is 2.69 bits per heavy atom. The van der Waals surface area contributed by atoms with E-state index in [1.54, 1.807) is 12.1 Å². The molecule has 4 rings (SSSR count). The summed E-state index contributed by atoms with van der Waals surface area (Å²) in [5.41, 5.74) is 1.26. The molecular weight excluding hydrogens is 360 g/mol. The van der Waals surface area contributed by atoms with Crippen molar-refractivity contribution in [3.8, 4) is 5.75 Å². The number of aryl methyl sites for hydroxylation is 1. The largest absolute Gasteiger partial charge is 0.507 e. The van der Waals surface area contributed by atoms with Gasteiger partial charge in [-0.1, -0.05) is 12.2 Å². The average molecular weight is 379 g/mol. The molecule has 26 heavy (non-hydrogen) atoms. The first-order valence-electron chi connectivity index (χ1n) is 8.21. The van der Waals surface area contributed by atoms with Gasteiger partial charge in [0.2, 0.25) is 0 Å². The molecule has 0 spiro atoms. The number of carbonyl (C=O) groups excluding carboxylic acids is 2. The van der Waals surface area contributed by atoms with Crippen LogP contribution >= 0.6 is 12.4 Å². The van der Waals surface area contributed by atoms with E-state index in [9.17, 15) is 24.9 Å². The summed E-state index contributed by atoms with van der Waals surface area (Å²) >= 11 is 0. The molecule has 6 nitrogen and oxygen atoms in total. The van der Waals surface area contributed by atoms with Crippen LogP contribution in [-0.2, 0) is 17.6 Å². The Morgan fingerprint density at radius 2 is 2.00 bits per heavy atom. The number of aliphatic hydroxyl groups is 2. The number of hydrogen-bond acceptors (Lipinski definition) is 6. The van der Waals surface area contributed by atoms with Gasteiger partial charge in [0.1, 0.15) is 5.75 Å². The minimum Gasteiger partial charge on any atom is -0.507 e. The van der Waals surface area contributed by atoms with E-state index >= 15 is 0 Å². The molecule has 7 heteroatoms. The first-order chi connectivity index (χ1) is 11.9. The molecule has 0 saturated heterocycles. The van der Waals surface area contributed by atoms with Crippen molar-refractivity contribution in [3.63, 3.8) is 0 Å². The normalized spacial score (nSPS) is 26.8. The van der Waals surface area contributed by atoms with E-state index < -0.39 is 23.5 Å². The third-order valence-corrected chi connectivity index (χ3v) is 5.30. The third kappa shape index (κ3) is 2.45. The Hall–Kier alpha value is -1.99. The summed E-state index contributed by atoms with van der Waals surface area (Å²) in [5, 5.41) is 31.1. The van der Waals surface area contributed by atoms with Gasteiger partial charge in [-0.15, -0.1) is 12.4 Å². The summed E-state index contributed by atoms with van der Waals surface area (Å²) in [4.78, 5) is 26.0. The molecule has 0 heterocycles. The van der Waals surface area contributed by atoms with Crippen molar-refractivity contribution in [2.75, 3.05) is 7.11 Å². The van der Waals surface area contributed by atoms with E-state index in [0.29, 0.717) is 18.4 Å². The van der Waals surface area contributed by atoms with E-state index in [4.69, 9.17) is 4.74 Å². The van der Waals surface area contributed by atoms with Gasteiger partial charge in [0, 0.05) is 36.7 Å². The van der Waals surface area contributed by atoms with Crippen LogP contribution in [0.5, 0.6) is 5.75 Å². The van der Waals surface area contributed by atoms with Gasteiger partial charge < -0.3 is 20.1 Å². The van der Waals surface area contributed by atoms with Crippen LogP contribution in [0.2, 0.25) is 0 Å². The van der Waals surface area contributed by atoms with Crippen LogP contribution in [0.4, 0.5) is 0 Å². The first kappa shape index (κ1) is 18.8. The lowest BCUT2D eigenvalue weighted by molar-refractivity contribution is -0.150. The van der Waals surface area contributed by atoms with E-state index in [1.807, 2.05) is 0 Å². The molecular formula is C19H19ClO6. The van der Waals surface area contributed by atoms with Crippen LogP contribution in [0.1, 0.15) is 44.7 Å². The van der Waals surface area contributed by atoms with E-state index in [0.717, 1.165) is 5.56 Å². The standard InChI is InChI=1S/C19H18O6.ClH/c1-25-19(24)6-2-3-11-15(19)18(23)13-7-9-4-5-10(20)8-12(9)17(22)14(13)16(11)21;/h2-3,7,10,20,22,24H,4-6,8H2,1H3;1H. The highest BCUT2D eigenvalue weighted by Crippen LogP contribution is 2.43. The fourth-order valence-corrected chi connectivity index (χ4v) is 3.96. The Bertz CT molecular complexity index is 885. The number of phenols is 1. The van der Waals surface area contributed by atoms with Gasteiger partial charge in [0.05, 0.1) is 17.2 Å². The van der Waals surface area contributed by atoms with Gasteiger partial charge >= 0.3 is 0 Å². The minimum absolute atomic E-state index is 0. The van der Waals surface area contributed by atoms with E-state index in [1.165, 1.54) is 13.2 Å². The molecule has 3 aliphatic carbocycles. The Balaban J connectivity index is 0.00000196. The Kier molecular flexibility index (Phi) is 4.56. The molecule has 0 aromatic heterocycles. The molecule has 0 aliphatic heterocycles. The van der Waals surface area contributed by atoms with Gasteiger partial charge in [-0.05, 0) is 24.5 Å². The number of rotatable bonds is 1. The van der Waals surface area contributed by atoms with Gasteiger partial charge in [-0.25, -0.2) is 0 Å². The van der Waals surface area contributed by atoms with Crippen LogP contribution in [0.3, 0.4) is 0 Å². The van der Waals surface area contributed by atoms with Crippen molar-refractivity contribution < 1.29 is 29.6 Å². The second-order valence-corrected chi connectivity index (χ2v) is 6.72. The molecule has 0 fully saturated rings. The number of aliphatic hydroxyl groups excluding tert-OH is 1. The summed E-state index contributed by atoms with van der Waals surface area (Å²) in [6, 6.07) is 1.61. The van der Waals surface area contributed by atoms with E-state index in [2.05, 4.69) is 0 Å². The SMILES string of the molecule is COC1(O)CC=CC2=C1C(=O)c1cc3c(c(O)c1C2=O)CC(O)CC3.Cl. The molecule has 3 aliphatic rings. The fourth-order valence-electron chi connectivity index (χ4n) is 3.96. The highest BCUT2D eigenvalue weighted by molar-refractivity contribution is 6.29. The average Bonchev–Trinajstić information content (AvgIpc) is 2.60. The molecule has 2 atom stereocenters.